The maximum Gasteiger partial charge on any atom is 0.262 e. The number of para-hydroxylation sites is 1. The lowest BCUT2D eigenvalue weighted by Gasteiger charge is -2.16. The lowest BCUT2D eigenvalue weighted by molar-refractivity contribution is 0.0993. The molecule has 0 aliphatic heterocycles. The van der Waals surface area contributed by atoms with Crippen molar-refractivity contribution >= 4 is 28.4 Å². The van der Waals surface area contributed by atoms with Gasteiger partial charge in [-0.15, -0.1) is 0 Å². The van der Waals surface area contributed by atoms with Crippen molar-refractivity contribution in [3.63, 3.8) is 0 Å². The van der Waals surface area contributed by atoms with E-state index in [9.17, 15) is 14.7 Å². The molecule has 28 heavy (non-hydrogen) atoms. The van der Waals surface area contributed by atoms with Crippen molar-refractivity contribution in [3.8, 4) is 5.75 Å². The number of ketones is 1. The molecule has 1 N–H and O–H groups in total. The van der Waals surface area contributed by atoms with Crippen molar-refractivity contribution < 1.29 is 14.6 Å². The smallest absolute Gasteiger partial charge is 0.262 e. The third-order valence-corrected chi connectivity index (χ3v) is 5.48. The zero-order valence-corrected chi connectivity index (χ0v) is 16.6. The number of aromatic nitrogens is 2. The Labute approximate surface area is 167 Å². The van der Waals surface area contributed by atoms with Gasteiger partial charge >= 0.3 is 0 Å². The summed E-state index contributed by atoms with van der Waals surface area (Å²) in [6, 6.07) is 14.1. The standard InChI is InChI=1S/C21H22N2O4S/c1-14(19(25)15-8-10-16(27-2)11-9-15)28-21-22-18-7-4-3-6-17(18)20(26)23(21)12-5-13-24/h3-4,6-11,14,24H,5,12-13H2,1-2H3. The summed E-state index contributed by atoms with van der Waals surface area (Å²) >= 11 is 1.25. The lowest BCUT2D eigenvalue weighted by Crippen LogP contribution is -2.25. The van der Waals surface area contributed by atoms with Crippen LogP contribution >= 0.6 is 11.8 Å². The summed E-state index contributed by atoms with van der Waals surface area (Å²) in [6.45, 7) is 2.12. The Kier molecular flexibility index (Phi) is 6.49. The number of ether oxygens (including phenoxy) is 1. The fourth-order valence-electron chi connectivity index (χ4n) is 2.87. The minimum Gasteiger partial charge on any atom is -0.497 e. The summed E-state index contributed by atoms with van der Waals surface area (Å²) in [5, 5.41) is 9.75. The van der Waals surface area contributed by atoms with Crippen molar-refractivity contribution in [2.75, 3.05) is 13.7 Å². The highest BCUT2D eigenvalue weighted by Crippen LogP contribution is 2.26. The Bertz CT molecular complexity index is 1030. The molecule has 7 heteroatoms. The minimum absolute atomic E-state index is 0.0241. The zero-order chi connectivity index (χ0) is 20.1. The predicted molar refractivity (Wildman–Crippen MR) is 110 cm³/mol. The number of methoxy groups -OCH3 is 1. The number of Topliss-reactive ketones (excluding diaryl/α,β-unsaturated/α-hetero) is 1. The van der Waals surface area contributed by atoms with Crippen LogP contribution in [0, 0.1) is 0 Å². The highest BCUT2D eigenvalue weighted by Gasteiger charge is 2.20. The second kappa shape index (κ2) is 9.03. The first kappa shape index (κ1) is 20.1. The number of nitrogens with zero attached hydrogens (tertiary/aromatic N) is 2. The molecule has 6 nitrogen and oxygen atoms in total. The fourth-order valence-corrected chi connectivity index (χ4v) is 3.88. The van der Waals surface area contributed by atoms with E-state index in [1.165, 1.54) is 11.8 Å². The predicted octanol–water partition coefficient (Wildman–Crippen LogP) is 3.15. The summed E-state index contributed by atoms with van der Waals surface area (Å²) in [4.78, 5) is 30.3. The van der Waals surface area contributed by atoms with E-state index < -0.39 is 5.25 Å². The number of rotatable bonds is 8. The van der Waals surface area contributed by atoms with Gasteiger partial charge in [0.25, 0.3) is 5.56 Å². The number of aliphatic hydroxyl groups excluding tert-OH is 1. The second-order valence-corrected chi connectivity index (χ2v) is 7.61. The first-order chi connectivity index (χ1) is 13.5. The quantitative estimate of drug-likeness (QED) is 0.357. The molecule has 0 spiro atoms. The summed E-state index contributed by atoms with van der Waals surface area (Å²) in [5.74, 6) is 0.634. The molecular weight excluding hydrogens is 376 g/mol. The van der Waals surface area contributed by atoms with Crippen LogP contribution in [0.25, 0.3) is 10.9 Å². The zero-order valence-electron chi connectivity index (χ0n) is 15.8. The summed E-state index contributed by atoms with van der Waals surface area (Å²) in [5.41, 5.74) is 1.01. The number of thioether (sulfide) groups is 1. The number of benzene rings is 2. The van der Waals surface area contributed by atoms with E-state index >= 15 is 0 Å². The van der Waals surface area contributed by atoms with Crippen LogP contribution in [0.15, 0.2) is 58.5 Å². The summed E-state index contributed by atoms with van der Waals surface area (Å²) in [7, 11) is 1.58. The number of carbonyl (C=O) groups is 1. The average molecular weight is 398 g/mol. The molecule has 1 aromatic heterocycles. The van der Waals surface area contributed by atoms with Crippen LogP contribution < -0.4 is 10.3 Å². The molecule has 1 atom stereocenters. The Balaban J connectivity index is 1.92. The molecular formula is C21H22N2O4S. The normalized spacial score (nSPS) is 12.1. The van der Waals surface area contributed by atoms with Crippen LogP contribution in [-0.4, -0.2) is 39.4 Å². The van der Waals surface area contributed by atoms with Crippen molar-refractivity contribution in [3.05, 3.63) is 64.4 Å². The van der Waals surface area contributed by atoms with Crippen LogP contribution in [0.3, 0.4) is 0 Å². The van der Waals surface area contributed by atoms with Gasteiger partial charge in [-0.3, -0.25) is 14.2 Å². The van der Waals surface area contributed by atoms with Gasteiger partial charge in [0, 0.05) is 18.7 Å². The molecule has 2 aromatic carbocycles. The van der Waals surface area contributed by atoms with E-state index in [-0.39, 0.29) is 17.9 Å². The van der Waals surface area contributed by atoms with Crippen LogP contribution in [0.2, 0.25) is 0 Å². The number of fused-ring (bicyclic) bond motifs is 1. The molecule has 0 radical (unpaired) electrons. The highest BCUT2D eigenvalue weighted by atomic mass is 32.2. The molecule has 1 unspecified atom stereocenters. The van der Waals surface area contributed by atoms with Crippen LogP contribution in [-0.2, 0) is 6.54 Å². The topological polar surface area (TPSA) is 81.4 Å². The molecule has 0 fully saturated rings. The minimum atomic E-state index is -0.429. The first-order valence-corrected chi connectivity index (χ1v) is 9.88. The molecule has 0 saturated carbocycles. The Hall–Kier alpha value is -2.64. The molecule has 0 saturated heterocycles. The molecule has 0 aliphatic rings. The number of hydrogen-bond donors (Lipinski definition) is 1. The van der Waals surface area contributed by atoms with E-state index in [4.69, 9.17) is 4.74 Å². The number of aliphatic hydroxyl groups is 1. The molecule has 0 bridgehead atoms. The van der Waals surface area contributed by atoms with E-state index in [1.807, 2.05) is 6.07 Å². The lowest BCUT2D eigenvalue weighted by atomic mass is 10.1. The van der Waals surface area contributed by atoms with Crippen molar-refractivity contribution in [2.45, 2.75) is 30.3 Å². The molecule has 0 aliphatic carbocycles. The van der Waals surface area contributed by atoms with Gasteiger partial charge in [0.1, 0.15) is 5.75 Å². The van der Waals surface area contributed by atoms with Gasteiger partial charge in [-0.2, -0.15) is 0 Å². The highest BCUT2D eigenvalue weighted by molar-refractivity contribution is 8.00. The maximum atomic E-state index is 12.9. The Morgan fingerprint density at radius 3 is 2.61 bits per heavy atom. The van der Waals surface area contributed by atoms with Gasteiger partial charge in [-0.05, 0) is 49.7 Å². The molecule has 0 amide bonds. The monoisotopic (exact) mass is 398 g/mol. The molecule has 146 valence electrons. The van der Waals surface area contributed by atoms with E-state index in [2.05, 4.69) is 4.98 Å². The van der Waals surface area contributed by atoms with Gasteiger partial charge in [0.05, 0.1) is 23.3 Å². The molecule has 3 rings (SSSR count). The van der Waals surface area contributed by atoms with Crippen molar-refractivity contribution in [1.29, 1.82) is 0 Å². The van der Waals surface area contributed by atoms with Gasteiger partial charge in [-0.25, -0.2) is 4.98 Å². The average Bonchev–Trinajstić information content (AvgIpc) is 2.73. The van der Waals surface area contributed by atoms with Gasteiger partial charge in [0.2, 0.25) is 0 Å². The van der Waals surface area contributed by atoms with Gasteiger partial charge < -0.3 is 9.84 Å². The Morgan fingerprint density at radius 1 is 1.21 bits per heavy atom. The van der Waals surface area contributed by atoms with Gasteiger partial charge in [-0.1, -0.05) is 23.9 Å². The summed E-state index contributed by atoms with van der Waals surface area (Å²) in [6.07, 6.45) is 0.439. The van der Waals surface area contributed by atoms with Gasteiger partial charge in [0.15, 0.2) is 10.9 Å². The number of carbonyl (C=O) groups excluding carboxylic acids is 1. The molecule has 1 heterocycles. The van der Waals surface area contributed by atoms with E-state index in [1.54, 1.807) is 61.1 Å². The fraction of sp³-hybridized carbons (Fsp3) is 0.286. The first-order valence-electron chi connectivity index (χ1n) is 9.00. The molecule has 3 aromatic rings. The van der Waals surface area contributed by atoms with Crippen molar-refractivity contribution in [2.24, 2.45) is 0 Å². The van der Waals surface area contributed by atoms with Crippen molar-refractivity contribution in [1.82, 2.24) is 9.55 Å². The Morgan fingerprint density at radius 2 is 1.93 bits per heavy atom. The van der Waals surface area contributed by atoms with Crippen LogP contribution in [0.4, 0.5) is 0 Å². The third kappa shape index (κ3) is 4.26. The number of hydrogen-bond acceptors (Lipinski definition) is 6. The van der Waals surface area contributed by atoms with E-state index in [0.717, 1.165) is 0 Å². The van der Waals surface area contributed by atoms with Crippen LogP contribution in [0.1, 0.15) is 23.7 Å². The SMILES string of the molecule is COc1ccc(C(=O)C(C)Sc2nc3ccccc3c(=O)n2CCCO)cc1. The largest absolute Gasteiger partial charge is 0.497 e. The third-order valence-electron chi connectivity index (χ3n) is 4.39. The summed E-state index contributed by atoms with van der Waals surface area (Å²) < 4.78 is 6.67. The second-order valence-electron chi connectivity index (χ2n) is 6.30. The van der Waals surface area contributed by atoms with E-state index in [0.29, 0.717) is 40.3 Å². The van der Waals surface area contributed by atoms with Crippen LogP contribution in [0.5, 0.6) is 5.75 Å². The maximum absolute atomic E-state index is 12.9.